The Morgan fingerprint density at radius 2 is 1.73 bits per heavy atom. The molecule has 1 aromatic heterocycles. The Bertz CT molecular complexity index is 715. The van der Waals surface area contributed by atoms with Crippen LogP contribution in [0.4, 0.5) is 0 Å². The molecular weight excluding hydrogens is 328 g/mol. The molecule has 2 aromatic rings. The molecule has 0 bridgehead atoms. The van der Waals surface area contributed by atoms with Crippen LogP contribution in [0.15, 0.2) is 53.1 Å². The van der Waals surface area contributed by atoms with E-state index in [1.165, 1.54) is 0 Å². The molecule has 0 spiro atoms. The number of nitrogens with zero attached hydrogens (tertiary/aromatic N) is 1. The fraction of sp³-hybridized carbons (Fsp3) is 0.429. The topological polar surface area (TPSA) is 62.6 Å². The van der Waals surface area contributed by atoms with E-state index in [2.05, 4.69) is 5.32 Å². The maximum Gasteiger partial charge on any atom is 0.254 e. The lowest BCUT2D eigenvalue weighted by Gasteiger charge is -2.35. The summed E-state index contributed by atoms with van der Waals surface area (Å²) in [5, 5.41) is 3.00. The summed E-state index contributed by atoms with van der Waals surface area (Å²) < 4.78 is 5.43. The number of furan rings is 1. The van der Waals surface area contributed by atoms with Crippen LogP contribution in [-0.2, 0) is 11.3 Å². The van der Waals surface area contributed by atoms with Crippen LogP contribution in [0.5, 0.6) is 0 Å². The molecule has 0 saturated heterocycles. The van der Waals surface area contributed by atoms with Crippen molar-refractivity contribution in [2.75, 3.05) is 0 Å². The largest absolute Gasteiger partial charge is 0.467 e. The lowest BCUT2D eigenvalue weighted by Crippen LogP contribution is -2.55. The maximum absolute atomic E-state index is 13.2. The molecule has 0 unspecified atom stereocenters. The van der Waals surface area contributed by atoms with E-state index in [9.17, 15) is 9.59 Å². The van der Waals surface area contributed by atoms with Crippen molar-refractivity contribution < 1.29 is 14.0 Å². The first-order valence-electron chi connectivity index (χ1n) is 8.89. The summed E-state index contributed by atoms with van der Waals surface area (Å²) >= 11 is 0. The summed E-state index contributed by atoms with van der Waals surface area (Å²) in [4.78, 5) is 27.8. The van der Waals surface area contributed by atoms with Crippen LogP contribution in [0.2, 0.25) is 0 Å². The minimum atomic E-state index is -0.605. The van der Waals surface area contributed by atoms with Crippen LogP contribution in [0.3, 0.4) is 0 Å². The van der Waals surface area contributed by atoms with Gasteiger partial charge < -0.3 is 14.6 Å². The maximum atomic E-state index is 13.2. The number of rotatable bonds is 6. The van der Waals surface area contributed by atoms with Gasteiger partial charge in [0.1, 0.15) is 11.8 Å². The third-order valence-electron chi connectivity index (χ3n) is 3.92. The highest BCUT2D eigenvalue weighted by atomic mass is 16.3. The Morgan fingerprint density at radius 1 is 1.08 bits per heavy atom. The molecule has 0 aliphatic carbocycles. The number of amides is 2. The predicted octanol–water partition coefficient (Wildman–Crippen LogP) is 3.86. The van der Waals surface area contributed by atoms with Crippen molar-refractivity contribution in [2.24, 2.45) is 5.92 Å². The number of hydrogen-bond donors (Lipinski definition) is 1. The van der Waals surface area contributed by atoms with Crippen molar-refractivity contribution in [2.45, 2.75) is 52.7 Å². The van der Waals surface area contributed by atoms with Gasteiger partial charge in [-0.3, -0.25) is 9.59 Å². The summed E-state index contributed by atoms with van der Waals surface area (Å²) in [5.41, 5.74) is 0.171. The first kappa shape index (κ1) is 19.8. The van der Waals surface area contributed by atoms with Gasteiger partial charge in [-0.2, -0.15) is 0 Å². The second-order valence-electron chi connectivity index (χ2n) is 7.81. The first-order chi connectivity index (χ1) is 12.2. The van der Waals surface area contributed by atoms with Crippen LogP contribution in [0.25, 0.3) is 0 Å². The van der Waals surface area contributed by atoms with Gasteiger partial charge in [-0.05, 0) is 51.0 Å². The molecule has 5 nitrogen and oxygen atoms in total. The summed E-state index contributed by atoms with van der Waals surface area (Å²) in [6, 6.07) is 12.0. The van der Waals surface area contributed by atoms with Gasteiger partial charge in [0.2, 0.25) is 5.91 Å². The minimum absolute atomic E-state index is 0.0556. The second-order valence-corrected chi connectivity index (χ2v) is 7.81. The first-order valence-corrected chi connectivity index (χ1v) is 8.89. The zero-order valence-electron chi connectivity index (χ0n) is 16.2. The molecule has 0 saturated carbocycles. The van der Waals surface area contributed by atoms with Gasteiger partial charge in [0.05, 0.1) is 12.8 Å². The van der Waals surface area contributed by atoms with Crippen molar-refractivity contribution in [1.29, 1.82) is 0 Å². The van der Waals surface area contributed by atoms with Crippen molar-refractivity contribution in [1.82, 2.24) is 10.2 Å². The molecule has 0 aliphatic heterocycles. The molecule has 140 valence electrons. The van der Waals surface area contributed by atoms with Gasteiger partial charge in [0.15, 0.2) is 0 Å². The van der Waals surface area contributed by atoms with E-state index in [-0.39, 0.29) is 29.8 Å². The smallest absolute Gasteiger partial charge is 0.254 e. The van der Waals surface area contributed by atoms with Crippen molar-refractivity contribution in [3.05, 3.63) is 60.1 Å². The SMILES string of the molecule is CC(C)[C@H](C(=O)NC(C)(C)C)N(Cc1ccco1)C(=O)c1ccccc1. The van der Waals surface area contributed by atoms with E-state index in [0.29, 0.717) is 11.3 Å². The average molecular weight is 356 g/mol. The van der Waals surface area contributed by atoms with Gasteiger partial charge in [-0.1, -0.05) is 32.0 Å². The summed E-state index contributed by atoms with van der Waals surface area (Å²) in [6.07, 6.45) is 1.57. The molecule has 1 atom stereocenters. The van der Waals surface area contributed by atoms with Crippen molar-refractivity contribution >= 4 is 11.8 Å². The fourth-order valence-corrected chi connectivity index (χ4v) is 2.86. The summed E-state index contributed by atoms with van der Waals surface area (Å²) in [6.45, 7) is 9.91. The number of hydrogen-bond acceptors (Lipinski definition) is 3. The highest BCUT2D eigenvalue weighted by Gasteiger charge is 2.35. The molecular formula is C21H28N2O3. The van der Waals surface area contributed by atoms with E-state index >= 15 is 0 Å². The highest BCUT2D eigenvalue weighted by molar-refractivity contribution is 5.97. The monoisotopic (exact) mass is 356 g/mol. The number of carbonyl (C=O) groups is 2. The molecule has 26 heavy (non-hydrogen) atoms. The molecule has 1 aromatic carbocycles. The van der Waals surface area contributed by atoms with Gasteiger partial charge in [0.25, 0.3) is 5.91 Å². The molecule has 5 heteroatoms. The summed E-state index contributed by atoms with van der Waals surface area (Å²) in [7, 11) is 0. The zero-order chi connectivity index (χ0) is 19.3. The van der Waals surface area contributed by atoms with Crippen molar-refractivity contribution in [3.8, 4) is 0 Å². The minimum Gasteiger partial charge on any atom is -0.467 e. The zero-order valence-corrected chi connectivity index (χ0v) is 16.2. The predicted molar refractivity (Wildman–Crippen MR) is 102 cm³/mol. The Hall–Kier alpha value is -2.56. The quantitative estimate of drug-likeness (QED) is 0.855. The lowest BCUT2D eigenvalue weighted by molar-refractivity contribution is -0.128. The molecule has 2 amide bonds. The molecule has 0 fully saturated rings. The highest BCUT2D eigenvalue weighted by Crippen LogP contribution is 2.20. The number of benzene rings is 1. The van der Waals surface area contributed by atoms with E-state index in [1.807, 2.05) is 58.9 Å². The Morgan fingerprint density at radius 3 is 2.23 bits per heavy atom. The van der Waals surface area contributed by atoms with Crippen LogP contribution in [0.1, 0.15) is 50.7 Å². The van der Waals surface area contributed by atoms with Gasteiger partial charge in [-0.15, -0.1) is 0 Å². The fourth-order valence-electron chi connectivity index (χ4n) is 2.86. The third kappa shape index (κ3) is 5.22. The van der Waals surface area contributed by atoms with E-state index in [1.54, 1.807) is 29.4 Å². The molecule has 1 heterocycles. The van der Waals surface area contributed by atoms with E-state index < -0.39 is 6.04 Å². The standard InChI is InChI=1S/C21H28N2O3/c1-15(2)18(19(24)22-21(3,4)5)23(14-17-12-9-13-26-17)20(25)16-10-7-6-8-11-16/h6-13,15,18H,14H2,1-5H3,(H,22,24)/t18-/m1/s1. The number of nitrogens with one attached hydrogen (secondary N) is 1. The molecule has 2 rings (SSSR count). The van der Waals surface area contributed by atoms with Crippen molar-refractivity contribution in [3.63, 3.8) is 0 Å². The molecule has 0 radical (unpaired) electrons. The average Bonchev–Trinajstić information content (AvgIpc) is 3.05. The Balaban J connectivity index is 2.38. The third-order valence-corrected chi connectivity index (χ3v) is 3.92. The van der Waals surface area contributed by atoms with Crippen LogP contribution >= 0.6 is 0 Å². The summed E-state index contributed by atoms with van der Waals surface area (Å²) in [5.74, 6) is 0.233. The molecule has 1 N–H and O–H groups in total. The number of carbonyl (C=O) groups excluding carboxylic acids is 2. The second kappa shape index (κ2) is 8.21. The van der Waals surface area contributed by atoms with Gasteiger partial charge >= 0.3 is 0 Å². The van der Waals surface area contributed by atoms with Gasteiger partial charge in [-0.25, -0.2) is 0 Å². The van der Waals surface area contributed by atoms with Crippen LogP contribution in [0, 0.1) is 5.92 Å². The van der Waals surface area contributed by atoms with Crippen LogP contribution < -0.4 is 5.32 Å². The molecule has 0 aliphatic rings. The van der Waals surface area contributed by atoms with E-state index in [0.717, 1.165) is 0 Å². The Kier molecular flexibility index (Phi) is 6.24. The Labute approximate surface area is 155 Å². The lowest BCUT2D eigenvalue weighted by atomic mass is 9.98. The van der Waals surface area contributed by atoms with Crippen LogP contribution in [-0.4, -0.2) is 28.3 Å². The van der Waals surface area contributed by atoms with E-state index in [4.69, 9.17) is 4.42 Å². The van der Waals surface area contributed by atoms with Gasteiger partial charge in [0, 0.05) is 11.1 Å². The normalized spacial score (nSPS) is 12.7.